The summed E-state index contributed by atoms with van der Waals surface area (Å²) in [5.41, 5.74) is 3.54. The van der Waals surface area contributed by atoms with Crippen LogP contribution in [0.2, 0.25) is 0 Å². The molecular weight excluding hydrogens is 366 g/mol. The second-order valence-electron chi connectivity index (χ2n) is 7.81. The number of carbonyl (C=O) groups is 1. The van der Waals surface area contributed by atoms with E-state index in [4.69, 9.17) is 9.72 Å². The normalized spacial score (nSPS) is 17.4. The van der Waals surface area contributed by atoms with Crippen molar-refractivity contribution in [2.45, 2.75) is 25.3 Å². The van der Waals surface area contributed by atoms with Gasteiger partial charge in [0.15, 0.2) is 0 Å². The van der Waals surface area contributed by atoms with Gasteiger partial charge in [-0.3, -0.25) is 14.8 Å². The maximum absolute atomic E-state index is 12.5. The number of nitrogens with zero attached hydrogens (tertiary/aromatic N) is 4. The van der Waals surface area contributed by atoms with Crippen LogP contribution in [0.25, 0.3) is 10.9 Å². The smallest absolute Gasteiger partial charge is 0.256 e. The molecule has 3 aromatic rings. The number of ether oxygens (including phenoxy) is 1. The van der Waals surface area contributed by atoms with Crippen LogP contribution in [0.15, 0.2) is 36.5 Å². The second-order valence-corrected chi connectivity index (χ2v) is 7.81. The van der Waals surface area contributed by atoms with Crippen molar-refractivity contribution in [1.82, 2.24) is 25.0 Å². The molecule has 0 spiro atoms. The van der Waals surface area contributed by atoms with E-state index in [2.05, 4.69) is 27.2 Å². The van der Waals surface area contributed by atoms with Gasteiger partial charge in [0.25, 0.3) is 5.91 Å². The van der Waals surface area contributed by atoms with Crippen molar-refractivity contribution in [3.63, 3.8) is 0 Å². The highest BCUT2D eigenvalue weighted by Gasteiger charge is 2.27. The van der Waals surface area contributed by atoms with E-state index in [-0.39, 0.29) is 11.8 Å². The summed E-state index contributed by atoms with van der Waals surface area (Å²) in [5, 5.41) is 8.30. The fourth-order valence-corrected chi connectivity index (χ4v) is 4.10. The number of rotatable bonds is 5. The van der Waals surface area contributed by atoms with Gasteiger partial charge in [-0.15, -0.1) is 0 Å². The zero-order chi connectivity index (χ0) is 20.4. The predicted octanol–water partition coefficient (Wildman–Crippen LogP) is 3.05. The van der Waals surface area contributed by atoms with Crippen LogP contribution in [0, 0.1) is 0 Å². The van der Waals surface area contributed by atoms with Gasteiger partial charge in [-0.2, -0.15) is 5.10 Å². The number of hydrogen-bond donors (Lipinski definition) is 1. The lowest BCUT2D eigenvalue weighted by atomic mass is 9.92. The molecule has 1 amide bonds. The van der Waals surface area contributed by atoms with E-state index in [0.717, 1.165) is 60.5 Å². The van der Waals surface area contributed by atoms with Crippen LogP contribution in [0.4, 0.5) is 0 Å². The van der Waals surface area contributed by atoms with Gasteiger partial charge < -0.3 is 9.64 Å². The van der Waals surface area contributed by atoms with E-state index in [1.807, 2.05) is 18.2 Å². The SMILES string of the molecule is COc1cccc2ccc(CN3CCC[C@H](c4[nH]ncc4C(=O)N(C)C)C3)nc12. The summed E-state index contributed by atoms with van der Waals surface area (Å²) in [6.07, 6.45) is 3.77. The van der Waals surface area contributed by atoms with Crippen molar-refractivity contribution < 1.29 is 9.53 Å². The molecule has 0 unspecified atom stereocenters. The molecule has 4 rings (SSSR count). The number of aromatic nitrogens is 3. The number of aromatic amines is 1. The van der Waals surface area contributed by atoms with Crippen LogP contribution < -0.4 is 4.74 Å². The molecule has 1 fully saturated rings. The van der Waals surface area contributed by atoms with Crippen molar-refractivity contribution >= 4 is 16.8 Å². The minimum absolute atomic E-state index is 0.00540. The molecule has 1 aliphatic rings. The van der Waals surface area contributed by atoms with Crippen LogP contribution in [-0.4, -0.2) is 65.2 Å². The summed E-state index contributed by atoms with van der Waals surface area (Å²) in [5.74, 6) is 1.06. The van der Waals surface area contributed by atoms with Gasteiger partial charge >= 0.3 is 0 Å². The Hall–Kier alpha value is -2.93. The number of amides is 1. The maximum Gasteiger partial charge on any atom is 0.256 e. The van der Waals surface area contributed by atoms with Crippen LogP contribution in [0.1, 0.15) is 40.5 Å². The van der Waals surface area contributed by atoms with Gasteiger partial charge in [-0.1, -0.05) is 18.2 Å². The van der Waals surface area contributed by atoms with Gasteiger partial charge in [0.1, 0.15) is 11.3 Å². The van der Waals surface area contributed by atoms with Crippen molar-refractivity contribution in [3.05, 3.63) is 53.5 Å². The van der Waals surface area contributed by atoms with E-state index < -0.39 is 0 Å². The summed E-state index contributed by atoms with van der Waals surface area (Å²) in [6.45, 7) is 2.67. The third-order valence-electron chi connectivity index (χ3n) is 5.57. The Labute approximate surface area is 170 Å². The summed E-state index contributed by atoms with van der Waals surface area (Å²) < 4.78 is 5.47. The number of likely N-dealkylation sites (tertiary alicyclic amines) is 1. The van der Waals surface area contributed by atoms with Crippen molar-refractivity contribution in [3.8, 4) is 5.75 Å². The number of methoxy groups -OCH3 is 1. The van der Waals surface area contributed by atoms with Gasteiger partial charge in [-0.05, 0) is 31.5 Å². The summed E-state index contributed by atoms with van der Waals surface area (Å²) >= 11 is 0. The minimum Gasteiger partial charge on any atom is -0.494 e. The molecule has 0 radical (unpaired) electrons. The molecule has 3 heterocycles. The first-order chi connectivity index (χ1) is 14.1. The largest absolute Gasteiger partial charge is 0.494 e. The Bertz CT molecular complexity index is 1010. The minimum atomic E-state index is -0.00540. The first-order valence-electron chi connectivity index (χ1n) is 9.96. The Morgan fingerprint density at radius 3 is 2.97 bits per heavy atom. The number of benzene rings is 1. The Balaban J connectivity index is 1.52. The molecule has 1 atom stereocenters. The Morgan fingerprint density at radius 2 is 2.17 bits per heavy atom. The number of para-hydroxylation sites is 1. The zero-order valence-electron chi connectivity index (χ0n) is 17.2. The monoisotopic (exact) mass is 393 g/mol. The lowest BCUT2D eigenvalue weighted by Crippen LogP contribution is -2.35. The van der Waals surface area contributed by atoms with Gasteiger partial charge in [0.2, 0.25) is 0 Å². The van der Waals surface area contributed by atoms with Gasteiger partial charge in [-0.25, -0.2) is 4.98 Å². The number of nitrogens with one attached hydrogen (secondary N) is 1. The third-order valence-corrected chi connectivity index (χ3v) is 5.57. The lowest BCUT2D eigenvalue weighted by molar-refractivity contribution is 0.0825. The number of piperidine rings is 1. The van der Waals surface area contributed by atoms with E-state index in [1.54, 1.807) is 32.3 Å². The third kappa shape index (κ3) is 3.96. The summed E-state index contributed by atoms with van der Waals surface area (Å²) in [4.78, 5) is 21.3. The Kier molecular flexibility index (Phi) is 5.49. The lowest BCUT2D eigenvalue weighted by Gasteiger charge is -2.32. The Morgan fingerprint density at radius 1 is 1.31 bits per heavy atom. The molecule has 1 aromatic carbocycles. The molecule has 1 N–H and O–H groups in total. The zero-order valence-corrected chi connectivity index (χ0v) is 17.2. The number of carbonyl (C=O) groups excluding carboxylic acids is 1. The van der Waals surface area contributed by atoms with E-state index in [1.165, 1.54) is 0 Å². The van der Waals surface area contributed by atoms with Crippen LogP contribution in [0.5, 0.6) is 5.75 Å². The first kappa shape index (κ1) is 19.4. The average molecular weight is 393 g/mol. The van der Waals surface area contributed by atoms with Gasteiger partial charge in [0.05, 0.1) is 30.3 Å². The highest BCUT2D eigenvalue weighted by Crippen LogP contribution is 2.29. The molecule has 29 heavy (non-hydrogen) atoms. The van der Waals surface area contributed by atoms with E-state index >= 15 is 0 Å². The average Bonchev–Trinajstić information content (AvgIpc) is 3.22. The molecule has 0 bridgehead atoms. The van der Waals surface area contributed by atoms with Crippen LogP contribution >= 0.6 is 0 Å². The molecule has 0 aliphatic carbocycles. The quantitative estimate of drug-likeness (QED) is 0.721. The highest BCUT2D eigenvalue weighted by molar-refractivity contribution is 5.94. The van der Waals surface area contributed by atoms with Crippen molar-refractivity contribution in [2.24, 2.45) is 0 Å². The topological polar surface area (TPSA) is 74.3 Å². The maximum atomic E-state index is 12.5. The molecule has 1 aliphatic heterocycles. The van der Waals surface area contributed by atoms with Crippen LogP contribution in [0.3, 0.4) is 0 Å². The number of hydrogen-bond acceptors (Lipinski definition) is 5. The molecule has 152 valence electrons. The number of fused-ring (bicyclic) bond motifs is 1. The number of pyridine rings is 1. The standard InChI is InChI=1S/C22H27N5O2/c1-26(2)22(28)18-12-23-25-20(18)16-7-5-11-27(13-16)14-17-10-9-15-6-4-8-19(29-3)21(15)24-17/h4,6,8-10,12,16H,5,7,11,13-14H2,1-3H3,(H,23,25)/t16-/m0/s1. The van der Waals surface area contributed by atoms with E-state index in [9.17, 15) is 4.79 Å². The fraction of sp³-hybridized carbons (Fsp3) is 0.409. The molecular formula is C22H27N5O2. The summed E-state index contributed by atoms with van der Waals surface area (Å²) in [6, 6.07) is 10.2. The van der Waals surface area contributed by atoms with Crippen molar-refractivity contribution in [1.29, 1.82) is 0 Å². The van der Waals surface area contributed by atoms with Crippen molar-refractivity contribution in [2.75, 3.05) is 34.3 Å². The molecule has 7 heteroatoms. The molecule has 0 saturated carbocycles. The van der Waals surface area contributed by atoms with Gasteiger partial charge in [0, 0.05) is 38.5 Å². The predicted molar refractivity (Wildman–Crippen MR) is 112 cm³/mol. The fourth-order valence-electron chi connectivity index (χ4n) is 4.10. The second kappa shape index (κ2) is 8.21. The molecule has 7 nitrogen and oxygen atoms in total. The number of H-pyrrole nitrogens is 1. The van der Waals surface area contributed by atoms with Crippen LogP contribution in [-0.2, 0) is 6.54 Å². The van der Waals surface area contributed by atoms with E-state index in [0.29, 0.717) is 5.56 Å². The highest BCUT2D eigenvalue weighted by atomic mass is 16.5. The molecule has 1 saturated heterocycles. The first-order valence-corrected chi connectivity index (χ1v) is 9.96. The summed E-state index contributed by atoms with van der Waals surface area (Å²) in [7, 11) is 5.22. The molecule has 2 aromatic heterocycles.